The number of fused-ring (bicyclic) bond motifs is 1. The number of rotatable bonds is 9. The van der Waals surface area contributed by atoms with Crippen molar-refractivity contribution in [2.75, 3.05) is 6.54 Å². The molecule has 1 amide bonds. The van der Waals surface area contributed by atoms with E-state index >= 15 is 0 Å². The monoisotopic (exact) mass is 454 g/mol. The van der Waals surface area contributed by atoms with Crippen molar-refractivity contribution in [1.29, 1.82) is 0 Å². The topological polar surface area (TPSA) is 70.6 Å². The van der Waals surface area contributed by atoms with Gasteiger partial charge in [0.05, 0.1) is 12.1 Å². The minimum absolute atomic E-state index is 0.00766. The van der Waals surface area contributed by atoms with Crippen LogP contribution in [0.25, 0.3) is 0 Å². The van der Waals surface area contributed by atoms with Crippen LogP contribution in [-0.4, -0.2) is 41.5 Å². The van der Waals surface area contributed by atoms with E-state index in [2.05, 4.69) is 10.6 Å². The van der Waals surface area contributed by atoms with Gasteiger partial charge in [0.1, 0.15) is 17.5 Å². The molecule has 5 nitrogen and oxygen atoms in total. The summed E-state index contributed by atoms with van der Waals surface area (Å²) in [5, 5.41) is 17.5. The van der Waals surface area contributed by atoms with Gasteiger partial charge in [-0.1, -0.05) is 42.5 Å². The Bertz CT molecular complexity index is 946. The van der Waals surface area contributed by atoms with Gasteiger partial charge in [0.2, 0.25) is 5.91 Å². The summed E-state index contributed by atoms with van der Waals surface area (Å²) in [6.07, 6.45) is 3.29. The van der Waals surface area contributed by atoms with E-state index in [-0.39, 0.29) is 17.6 Å². The van der Waals surface area contributed by atoms with Gasteiger partial charge in [-0.05, 0) is 49.8 Å². The first kappa shape index (κ1) is 23.7. The first-order valence-electron chi connectivity index (χ1n) is 12.0. The highest BCUT2D eigenvalue weighted by Crippen LogP contribution is 2.49. The molecule has 0 radical (unpaired) electrons. The minimum atomic E-state index is -0.907. The summed E-state index contributed by atoms with van der Waals surface area (Å²) in [5.74, 6) is 0.690. The van der Waals surface area contributed by atoms with Crippen molar-refractivity contribution < 1.29 is 19.0 Å². The van der Waals surface area contributed by atoms with Crippen LogP contribution in [0.2, 0.25) is 0 Å². The number of benzene rings is 2. The zero-order valence-electron chi connectivity index (χ0n) is 19.5. The van der Waals surface area contributed by atoms with Crippen molar-refractivity contribution >= 4 is 5.91 Å². The summed E-state index contributed by atoms with van der Waals surface area (Å²) < 4.78 is 20.0. The molecule has 1 spiro atoms. The molecule has 2 aliphatic rings. The highest BCUT2D eigenvalue weighted by molar-refractivity contribution is 5.73. The lowest BCUT2D eigenvalue weighted by Crippen LogP contribution is -2.52. The lowest BCUT2D eigenvalue weighted by Gasteiger charge is -2.48. The summed E-state index contributed by atoms with van der Waals surface area (Å²) in [7, 11) is 0. The van der Waals surface area contributed by atoms with Gasteiger partial charge >= 0.3 is 0 Å². The van der Waals surface area contributed by atoms with Gasteiger partial charge < -0.3 is 20.5 Å². The molecule has 6 heteroatoms. The van der Waals surface area contributed by atoms with Crippen molar-refractivity contribution in [1.82, 2.24) is 10.6 Å². The van der Waals surface area contributed by atoms with Crippen LogP contribution in [0.15, 0.2) is 48.5 Å². The van der Waals surface area contributed by atoms with Gasteiger partial charge in [-0.25, -0.2) is 4.39 Å². The van der Waals surface area contributed by atoms with Gasteiger partial charge in [-0.3, -0.25) is 4.79 Å². The van der Waals surface area contributed by atoms with Crippen LogP contribution in [0.5, 0.6) is 5.75 Å². The molecule has 1 fully saturated rings. The summed E-state index contributed by atoms with van der Waals surface area (Å²) in [4.78, 5) is 11.8. The second kappa shape index (κ2) is 10.2. The number of halogens is 1. The second-order valence-corrected chi connectivity index (χ2v) is 9.72. The van der Waals surface area contributed by atoms with E-state index in [0.29, 0.717) is 19.4 Å². The van der Waals surface area contributed by atoms with Crippen LogP contribution in [0, 0.1) is 0 Å². The molecule has 4 atom stereocenters. The molecule has 0 aromatic heterocycles. The van der Waals surface area contributed by atoms with Gasteiger partial charge in [-0.2, -0.15) is 0 Å². The maximum Gasteiger partial charge on any atom is 0.217 e. The maximum atomic E-state index is 13.6. The van der Waals surface area contributed by atoms with Crippen LogP contribution in [0.4, 0.5) is 4.39 Å². The third-order valence-corrected chi connectivity index (χ3v) is 6.86. The quantitative estimate of drug-likeness (QED) is 0.535. The van der Waals surface area contributed by atoms with Crippen molar-refractivity contribution in [2.24, 2.45) is 0 Å². The molecule has 0 saturated heterocycles. The SMILES string of the molecule is CC(=O)N[C@@H](Cc1ccccc1)[C@H](O)CN[C@H]1CC2(CCC2)Oc2ccc(C[C@@H](C)F)cc21. The Morgan fingerprint density at radius 3 is 2.58 bits per heavy atom. The van der Waals surface area contributed by atoms with Crippen molar-refractivity contribution in [3.63, 3.8) is 0 Å². The molecule has 0 unspecified atom stereocenters. The number of nitrogens with one attached hydrogen (secondary N) is 2. The number of ether oxygens (including phenoxy) is 1. The third-order valence-electron chi connectivity index (χ3n) is 6.86. The van der Waals surface area contributed by atoms with Crippen molar-refractivity contribution in [3.05, 3.63) is 65.2 Å². The first-order valence-corrected chi connectivity index (χ1v) is 12.0. The molecule has 1 saturated carbocycles. The predicted molar refractivity (Wildman–Crippen MR) is 127 cm³/mol. The van der Waals surface area contributed by atoms with Crippen molar-refractivity contribution in [3.8, 4) is 5.75 Å². The van der Waals surface area contributed by atoms with E-state index in [4.69, 9.17) is 4.74 Å². The number of amides is 1. The van der Waals surface area contributed by atoms with Crippen LogP contribution < -0.4 is 15.4 Å². The molecule has 1 aliphatic carbocycles. The Labute approximate surface area is 195 Å². The molecule has 4 rings (SSSR count). The number of carbonyl (C=O) groups excluding carboxylic acids is 1. The van der Waals surface area contributed by atoms with E-state index in [1.54, 1.807) is 6.92 Å². The standard InChI is InChI=1S/C27H35FN2O3/c1-18(28)13-21-9-10-26-22(14-21)24(16-27(33-26)11-6-12-27)29-17-25(32)23(30-19(2)31)15-20-7-4-3-5-8-20/h3-5,7-10,14,18,23-25,29,32H,6,11-13,15-17H2,1-2H3,(H,30,31)/t18-,23+,24+,25-/m1/s1. The van der Waals surface area contributed by atoms with Gasteiger partial charge in [0.25, 0.3) is 0 Å². The Morgan fingerprint density at radius 2 is 1.94 bits per heavy atom. The zero-order valence-corrected chi connectivity index (χ0v) is 19.5. The van der Waals surface area contributed by atoms with Gasteiger partial charge in [-0.15, -0.1) is 0 Å². The number of aliphatic hydroxyl groups excluding tert-OH is 1. The number of hydrogen-bond acceptors (Lipinski definition) is 4. The van der Waals surface area contributed by atoms with E-state index in [1.807, 2.05) is 48.5 Å². The maximum absolute atomic E-state index is 13.6. The lowest BCUT2D eigenvalue weighted by atomic mass is 9.72. The van der Waals surface area contributed by atoms with E-state index in [0.717, 1.165) is 48.1 Å². The average Bonchev–Trinajstić information content (AvgIpc) is 2.75. The van der Waals surface area contributed by atoms with Crippen molar-refractivity contribution in [2.45, 2.75) is 82.3 Å². The molecular formula is C27H35FN2O3. The van der Waals surface area contributed by atoms with E-state index in [1.165, 1.54) is 6.92 Å². The minimum Gasteiger partial charge on any atom is -0.487 e. The number of aliphatic hydroxyl groups is 1. The molecular weight excluding hydrogens is 419 g/mol. The molecule has 2 aromatic carbocycles. The fourth-order valence-corrected chi connectivity index (χ4v) is 5.05. The van der Waals surface area contributed by atoms with Crippen LogP contribution in [0.1, 0.15) is 62.3 Å². The molecule has 3 N–H and O–H groups in total. The van der Waals surface area contributed by atoms with Gasteiger partial charge in [0, 0.05) is 37.9 Å². The smallest absolute Gasteiger partial charge is 0.217 e. The molecule has 2 aromatic rings. The summed E-state index contributed by atoms with van der Waals surface area (Å²) in [6, 6.07) is 15.4. The number of carbonyl (C=O) groups is 1. The molecule has 1 heterocycles. The van der Waals surface area contributed by atoms with E-state index in [9.17, 15) is 14.3 Å². The normalized spacial score (nSPS) is 21.3. The Hall–Kier alpha value is -2.44. The Balaban J connectivity index is 1.48. The third kappa shape index (κ3) is 5.92. The Morgan fingerprint density at radius 1 is 1.18 bits per heavy atom. The Kier molecular flexibility index (Phi) is 7.35. The first-order chi connectivity index (χ1) is 15.8. The zero-order chi connectivity index (χ0) is 23.4. The van der Waals surface area contributed by atoms with Crippen LogP contribution in [-0.2, 0) is 17.6 Å². The fraction of sp³-hybridized carbons (Fsp3) is 0.519. The molecule has 178 valence electrons. The summed E-state index contributed by atoms with van der Waals surface area (Å²) in [5.41, 5.74) is 2.89. The molecule has 1 aliphatic heterocycles. The highest BCUT2D eigenvalue weighted by atomic mass is 19.1. The second-order valence-electron chi connectivity index (χ2n) is 9.72. The molecule has 33 heavy (non-hydrogen) atoms. The van der Waals surface area contributed by atoms with Crippen LogP contribution >= 0.6 is 0 Å². The molecule has 0 bridgehead atoms. The average molecular weight is 455 g/mol. The summed E-state index contributed by atoms with van der Waals surface area (Å²) >= 11 is 0. The number of hydrogen-bond donors (Lipinski definition) is 3. The highest BCUT2D eigenvalue weighted by Gasteiger charge is 2.45. The van der Waals surface area contributed by atoms with Gasteiger partial charge in [0.15, 0.2) is 0 Å². The fourth-order valence-electron chi connectivity index (χ4n) is 5.05. The lowest BCUT2D eigenvalue weighted by molar-refractivity contribution is -0.120. The largest absolute Gasteiger partial charge is 0.487 e. The number of alkyl halides is 1. The van der Waals surface area contributed by atoms with Crippen LogP contribution in [0.3, 0.4) is 0 Å². The van der Waals surface area contributed by atoms with E-state index < -0.39 is 18.3 Å². The summed E-state index contributed by atoms with van der Waals surface area (Å²) in [6.45, 7) is 3.38. The predicted octanol–water partition coefficient (Wildman–Crippen LogP) is 4.03.